The van der Waals surface area contributed by atoms with E-state index in [9.17, 15) is 24.1 Å². The summed E-state index contributed by atoms with van der Waals surface area (Å²) >= 11 is 0. The van der Waals surface area contributed by atoms with Crippen LogP contribution in [0.25, 0.3) is 16.7 Å². The molecule has 6 rings (SSSR count). The molecule has 1 heterocycles. The Bertz CT molecular complexity index is 2320. The summed E-state index contributed by atoms with van der Waals surface area (Å²) in [5, 5.41) is 23.4. The summed E-state index contributed by atoms with van der Waals surface area (Å²) in [7, 11) is -3.69. The second kappa shape index (κ2) is 15.0. The molecule has 0 aliphatic carbocycles. The molecule has 0 fully saturated rings. The van der Waals surface area contributed by atoms with Gasteiger partial charge in [0.15, 0.2) is 0 Å². The number of ether oxygens (including phenoxy) is 1. The maximum atomic E-state index is 14.7. The van der Waals surface area contributed by atoms with E-state index in [0.717, 1.165) is 11.1 Å². The van der Waals surface area contributed by atoms with Gasteiger partial charge in [-0.05, 0) is 73.4 Å². The van der Waals surface area contributed by atoms with Gasteiger partial charge in [0.1, 0.15) is 22.5 Å². The number of amides is 1. The lowest BCUT2D eigenvalue weighted by atomic mass is 10.00. The van der Waals surface area contributed by atoms with E-state index < -0.39 is 18.6 Å². The van der Waals surface area contributed by atoms with Crippen LogP contribution in [0.3, 0.4) is 0 Å². The molecule has 0 bridgehead atoms. The molecule has 0 atom stereocenters. The van der Waals surface area contributed by atoms with Gasteiger partial charge < -0.3 is 19.7 Å². The molecule has 11 heteroatoms. The molecular weight excluding hydrogens is 675 g/mol. The molecule has 52 heavy (non-hydrogen) atoms. The molecule has 1 amide bonds. The topological polar surface area (TPSA) is 140 Å². The van der Waals surface area contributed by atoms with Crippen LogP contribution in [0, 0.1) is 13.8 Å². The first-order valence-corrected chi connectivity index (χ1v) is 18.3. The fourth-order valence-electron chi connectivity index (χ4n) is 6.03. The lowest BCUT2D eigenvalue weighted by Crippen LogP contribution is -2.24. The van der Waals surface area contributed by atoms with E-state index in [1.807, 2.05) is 38.1 Å². The van der Waals surface area contributed by atoms with Crippen molar-refractivity contribution >= 4 is 46.2 Å². The number of carbonyl (C=O) groups is 3. The molecule has 0 aliphatic rings. The molecular formula is C41H37N4O6P. The number of phenols is 1. The summed E-state index contributed by atoms with van der Waals surface area (Å²) in [6.45, 7) is 9.12. The van der Waals surface area contributed by atoms with Crippen molar-refractivity contribution in [2.75, 3.05) is 6.61 Å². The van der Waals surface area contributed by atoms with E-state index in [2.05, 4.69) is 22.1 Å². The van der Waals surface area contributed by atoms with Gasteiger partial charge in [-0.15, -0.1) is 15.0 Å². The molecule has 10 nitrogen and oxygen atoms in total. The summed E-state index contributed by atoms with van der Waals surface area (Å²) < 4.78 is 19.9. The Morgan fingerprint density at radius 3 is 2.04 bits per heavy atom. The van der Waals surface area contributed by atoms with Gasteiger partial charge >= 0.3 is 5.97 Å². The molecule has 0 radical (unpaired) electrons. The minimum Gasteiger partial charge on any atom is -0.506 e. The Morgan fingerprint density at radius 1 is 0.808 bits per heavy atom. The van der Waals surface area contributed by atoms with Gasteiger partial charge in [-0.3, -0.25) is 9.59 Å². The second-order valence-electron chi connectivity index (χ2n) is 12.6. The quantitative estimate of drug-likeness (QED) is 0.0834. The number of nitrogens with one attached hydrogen (secondary N) is 1. The van der Waals surface area contributed by atoms with Gasteiger partial charge in [0.2, 0.25) is 12.7 Å². The van der Waals surface area contributed by atoms with Crippen LogP contribution in [0.15, 0.2) is 121 Å². The van der Waals surface area contributed by atoms with E-state index in [0.29, 0.717) is 61.6 Å². The highest BCUT2D eigenvalue weighted by Crippen LogP contribution is 2.48. The zero-order chi connectivity index (χ0) is 37.0. The first kappa shape index (κ1) is 35.7. The Hall–Kier alpha value is -6.12. The van der Waals surface area contributed by atoms with Crippen LogP contribution in [0.4, 0.5) is 0 Å². The standard InChI is InChI=1S/C41H37N4O6P/c1-26(2)40(48)51-20-19-29-15-18-37(46)36(23-29)45-43-34-17-16-31(24-35(34)44-45)39(47)42-25-30-21-27(3)38(28(4)22-30)41(49)52(50,32-11-7-5-8-12-32)33-13-9-6-10-14-33/h5-18,21-24,46H,1,19-20,25H2,2-4H3,(H,42,47). The summed E-state index contributed by atoms with van der Waals surface area (Å²) in [5.41, 5.74) is 4.87. The van der Waals surface area contributed by atoms with E-state index in [1.54, 1.807) is 85.8 Å². The van der Waals surface area contributed by atoms with Gasteiger partial charge in [-0.1, -0.05) is 85.4 Å². The number of rotatable bonds is 12. The number of aromatic nitrogens is 3. The zero-order valence-corrected chi connectivity index (χ0v) is 29.9. The molecule has 0 saturated carbocycles. The van der Waals surface area contributed by atoms with Crippen LogP contribution in [0.1, 0.15) is 49.9 Å². The van der Waals surface area contributed by atoms with Crippen molar-refractivity contribution in [2.24, 2.45) is 0 Å². The molecule has 2 N–H and O–H groups in total. The summed E-state index contributed by atoms with van der Waals surface area (Å²) in [6.07, 6.45) is 0.414. The molecule has 0 saturated heterocycles. The summed E-state index contributed by atoms with van der Waals surface area (Å²) in [6, 6.07) is 31.3. The average Bonchev–Trinajstić information content (AvgIpc) is 3.58. The Morgan fingerprint density at radius 2 is 1.42 bits per heavy atom. The van der Waals surface area contributed by atoms with E-state index in [-0.39, 0.29) is 24.8 Å². The number of nitrogens with zero attached hydrogens (tertiary/aromatic N) is 3. The van der Waals surface area contributed by atoms with Crippen molar-refractivity contribution in [1.29, 1.82) is 0 Å². The number of hydrogen-bond donors (Lipinski definition) is 2. The third-order valence-corrected chi connectivity index (χ3v) is 11.5. The number of phenolic OH excluding ortho intramolecular Hbond substituents is 1. The maximum Gasteiger partial charge on any atom is 0.333 e. The van der Waals surface area contributed by atoms with Crippen molar-refractivity contribution in [2.45, 2.75) is 33.7 Å². The van der Waals surface area contributed by atoms with Crippen LogP contribution in [0.5, 0.6) is 5.75 Å². The Labute approximate surface area is 301 Å². The number of esters is 1. The van der Waals surface area contributed by atoms with E-state index in [1.165, 1.54) is 10.9 Å². The molecule has 0 spiro atoms. The Kier molecular flexibility index (Phi) is 10.3. The fraction of sp³-hybridized carbons (Fsp3) is 0.146. The first-order valence-electron chi connectivity index (χ1n) is 16.6. The monoisotopic (exact) mass is 712 g/mol. The lowest BCUT2D eigenvalue weighted by molar-refractivity contribution is -0.138. The molecule has 0 aliphatic heterocycles. The third-order valence-electron chi connectivity index (χ3n) is 8.66. The second-order valence-corrected chi connectivity index (χ2v) is 15.2. The van der Waals surface area contributed by atoms with Gasteiger partial charge in [0.05, 0.1) is 6.61 Å². The lowest BCUT2D eigenvalue weighted by Gasteiger charge is -2.21. The van der Waals surface area contributed by atoms with Gasteiger partial charge in [0.25, 0.3) is 5.91 Å². The highest BCUT2D eigenvalue weighted by atomic mass is 31.2. The number of carbonyl (C=O) groups excluding carboxylic acids is 3. The van der Waals surface area contributed by atoms with Crippen molar-refractivity contribution in [1.82, 2.24) is 20.3 Å². The highest BCUT2D eigenvalue weighted by molar-refractivity contribution is 7.93. The third kappa shape index (κ3) is 7.33. The first-order chi connectivity index (χ1) is 24.9. The summed E-state index contributed by atoms with van der Waals surface area (Å²) in [4.78, 5) is 40.5. The number of benzene rings is 5. The fourth-order valence-corrected chi connectivity index (χ4v) is 8.65. The number of fused-ring (bicyclic) bond motifs is 1. The SMILES string of the molecule is C=C(C)C(=O)OCCc1ccc(O)c(-n2nc3ccc(C(=O)NCc4cc(C)c(C(=O)P(=O)(c5ccccc5)c5ccccc5)c(C)c4)cc3n2)c1. The van der Waals surface area contributed by atoms with Gasteiger partial charge in [-0.2, -0.15) is 0 Å². The normalized spacial score (nSPS) is 11.3. The van der Waals surface area contributed by atoms with Crippen LogP contribution < -0.4 is 15.9 Å². The maximum absolute atomic E-state index is 14.7. The molecule has 0 unspecified atom stereocenters. The van der Waals surface area contributed by atoms with E-state index >= 15 is 0 Å². The minimum absolute atomic E-state index is 0.0396. The number of hydrogen-bond acceptors (Lipinski definition) is 8. The number of aryl methyl sites for hydroxylation is 2. The van der Waals surface area contributed by atoms with Crippen LogP contribution in [-0.4, -0.2) is 44.1 Å². The molecule has 262 valence electrons. The molecule has 1 aromatic heterocycles. The van der Waals surface area contributed by atoms with Gasteiger partial charge in [-0.25, -0.2) is 4.79 Å². The zero-order valence-electron chi connectivity index (χ0n) is 29.0. The summed E-state index contributed by atoms with van der Waals surface area (Å²) in [5.74, 6) is -0.842. The van der Waals surface area contributed by atoms with Crippen molar-refractivity contribution in [3.63, 3.8) is 0 Å². The highest BCUT2D eigenvalue weighted by Gasteiger charge is 2.38. The van der Waals surface area contributed by atoms with Crippen molar-refractivity contribution in [3.05, 3.63) is 155 Å². The predicted molar refractivity (Wildman–Crippen MR) is 201 cm³/mol. The van der Waals surface area contributed by atoms with Gasteiger partial charge in [0, 0.05) is 40.3 Å². The molecule has 5 aromatic carbocycles. The minimum atomic E-state index is -3.69. The average molecular weight is 713 g/mol. The van der Waals surface area contributed by atoms with Crippen LogP contribution in [-0.2, 0) is 27.1 Å². The van der Waals surface area contributed by atoms with Crippen LogP contribution in [0.2, 0.25) is 0 Å². The van der Waals surface area contributed by atoms with Crippen LogP contribution >= 0.6 is 7.14 Å². The smallest absolute Gasteiger partial charge is 0.333 e. The predicted octanol–water partition coefficient (Wildman–Crippen LogP) is 6.49. The van der Waals surface area contributed by atoms with Crippen molar-refractivity contribution in [3.8, 4) is 11.4 Å². The Balaban J connectivity index is 1.17. The van der Waals surface area contributed by atoms with E-state index in [4.69, 9.17) is 4.74 Å². The molecule has 6 aromatic rings. The van der Waals surface area contributed by atoms with Crippen molar-refractivity contribution < 1.29 is 28.8 Å². The number of aromatic hydroxyl groups is 1. The largest absolute Gasteiger partial charge is 0.506 e.